The Labute approximate surface area is 194 Å². The van der Waals surface area contributed by atoms with E-state index in [0.29, 0.717) is 0 Å². The minimum Gasteiger partial charge on any atom is -0.497 e. The van der Waals surface area contributed by atoms with Gasteiger partial charge in [-0.3, -0.25) is 9.30 Å². The van der Waals surface area contributed by atoms with Gasteiger partial charge in [0.15, 0.2) is 0 Å². The highest BCUT2D eigenvalue weighted by Gasteiger charge is 2.16. The molecule has 31 heavy (non-hydrogen) atoms. The first kappa shape index (κ1) is 23.4. The first-order valence-electron chi connectivity index (χ1n) is 10.2. The lowest BCUT2D eigenvalue weighted by molar-refractivity contribution is 0.0370. The van der Waals surface area contributed by atoms with E-state index in [2.05, 4.69) is 50.4 Å². The van der Waals surface area contributed by atoms with Crippen LogP contribution in [-0.2, 0) is 11.3 Å². The predicted octanol–water partition coefficient (Wildman–Crippen LogP) is 4.53. The first-order chi connectivity index (χ1) is 14.3. The second-order valence-electron chi connectivity index (χ2n) is 7.47. The number of imidazole rings is 2. The Morgan fingerprint density at radius 3 is 2.45 bits per heavy atom. The van der Waals surface area contributed by atoms with Gasteiger partial charge in [0.1, 0.15) is 5.75 Å². The lowest BCUT2D eigenvalue weighted by Crippen LogP contribution is -2.37. The van der Waals surface area contributed by atoms with Crippen LogP contribution in [0.2, 0.25) is 0 Å². The summed E-state index contributed by atoms with van der Waals surface area (Å²) in [5, 5.41) is 0. The maximum absolute atomic E-state index is 5.47. The topological polar surface area (TPSA) is 43.9 Å². The standard InChI is InChI=1S/C23H26N4O2.2ClH/c1-28-19-9-7-18(8-10-19)22-17-27-21-6-3-2-5-20(21)24-23(27)26(22)12-4-11-25-13-15-29-16-14-25;;/h2-3,5-10,17H,4,11-16H2,1H3;2*1H. The summed E-state index contributed by atoms with van der Waals surface area (Å²) in [5.41, 5.74) is 4.53. The Balaban J connectivity index is 0.00000136. The minimum absolute atomic E-state index is 0. The summed E-state index contributed by atoms with van der Waals surface area (Å²) in [7, 11) is 1.70. The fraction of sp³-hybridized carbons (Fsp3) is 0.348. The molecule has 6 nitrogen and oxygen atoms in total. The van der Waals surface area contributed by atoms with Crippen LogP contribution in [-0.4, -0.2) is 58.8 Å². The van der Waals surface area contributed by atoms with Gasteiger partial charge in [-0.2, -0.15) is 0 Å². The normalized spacial score (nSPS) is 14.4. The quantitative estimate of drug-likeness (QED) is 0.422. The Morgan fingerprint density at radius 1 is 0.968 bits per heavy atom. The zero-order valence-electron chi connectivity index (χ0n) is 17.6. The van der Waals surface area contributed by atoms with E-state index in [0.717, 1.165) is 68.4 Å². The van der Waals surface area contributed by atoms with E-state index in [1.807, 2.05) is 18.2 Å². The van der Waals surface area contributed by atoms with E-state index >= 15 is 0 Å². The Hall–Kier alpha value is -2.25. The molecule has 1 aliphatic heterocycles. The average Bonchev–Trinajstić information content (AvgIpc) is 3.31. The molecule has 0 bridgehead atoms. The van der Waals surface area contributed by atoms with Gasteiger partial charge in [0.05, 0.1) is 37.1 Å². The lowest BCUT2D eigenvalue weighted by atomic mass is 10.1. The number of methoxy groups -OCH3 is 1. The number of fused-ring (bicyclic) bond motifs is 3. The van der Waals surface area contributed by atoms with Crippen molar-refractivity contribution < 1.29 is 9.47 Å². The fourth-order valence-corrected chi connectivity index (χ4v) is 4.14. The number of rotatable bonds is 6. The summed E-state index contributed by atoms with van der Waals surface area (Å²) in [6.45, 7) is 5.75. The molecule has 1 saturated heterocycles. The summed E-state index contributed by atoms with van der Waals surface area (Å²) in [6, 6.07) is 16.6. The number of nitrogens with zero attached hydrogens (tertiary/aromatic N) is 4. The summed E-state index contributed by atoms with van der Waals surface area (Å²) in [5.74, 6) is 1.87. The molecule has 4 aromatic rings. The van der Waals surface area contributed by atoms with E-state index in [-0.39, 0.29) is 24.8 Å². The van der Waals surface area contributed by atoms with Gasteiger partial charge < -0.3 is 14.0 Å². The molecule has 0 N–H and O–H groups in total. The maximum Gasteiger partial charge on any atom is 0.215 e. The van der Waals surface area contributed by atoms with Crippen molar-refractivity contribution in [3.63, 3.8) is 0 Å². The predicted molar refractivity (Wildman–Crippen MR) is 129 cm³/mol. The third-order valence-corrected chi connectivity index (χ3v) is 5.71. The minimum atomic E-state index is 0. The molecule has 2 aromatic heterocycles. The van der Waals surface area contributed by atoms with Gasteiger partial charge in [0, 0.05) is 37.9 Å². The van der Waals surface area contributed by atoms with Crippen LogP contribution < -0.4 is 4.74 Å². The fourth-order valence-electron chi connectivity index (χ4n) is 4.14. The Kier molecular flexibility index (Phi) is 7.84. The van der Waals surface area contributed by atoms with Crippen molar-refractivity contribution in [3.8, 4) is 17.0 Å². The smallest absolute Gasteiger partial charge is 0.215 e. The zero-order chi connectivity index (χ0) is 19.6. The molecule has 1 aliphatic rings. The van der Waals surface area contributed by atoms with Crippen LogP contribution in [0.4, 0.5) is 0 Å². The van der Waals surface area contributed by atoms with Crippen LogP contribution in [0.3, 0.4) is 0 Å². The number of halogens is 2. The van der Waals surface area contributed by atoms with Gasteiger partial charge in [-0.05, 0) is 42.8 Å². The molecule has 0 radical (unpaired) electrons. The molecule has 0 spiro atoms. The lowest BCUT2D eigenvalue weighted by Gasteiger charge is -2.26. The van der Waals surface area contributed by atoms with Crippen molar-refractivity contribution in [1.82, 2.24) is 18.9 Å². The number of ether oxygens (including phenoxy) is 2. The molecule has 0 aliphatic carbocycles. The van der Waals surface area contributed by atoms with E-state index in [1.54, 1.807) is 7.11 Å². The van der Waals surface area contributed by atoms with Crippen LogP contribution in [0.5, 0.6) is 5.75 Å². The largest absolute Gasteiger partial charge is 0.497 e. The van der Waals surface area contributed by atoms with Crippen molar-refractivity contribution in [2.45, 2.75) is 13.0 Å². The molecule has 2 aromatic carbocycles. The third-order valence-electron chi connectivity index (χ3n) is 5.71. The SMILES string of the molecule is COc1ccc(-c2cn3c4ccccc4nc3n2CCCN2CCOCC2)cc1.Cl.Cl. The molecule has 0 atom stereocenters. The Morgan fingerprint density at radius 2 is 1.71 bits per heavy atom. The number of hydrogen-bond acceptors (Lipinski definition) is 4. The molecule has 3 heterocycles. The molecule has 0 saturated carbocycles. The molecular formula is C23H28Cl2N4O2. The third kappa shape index (κ3) is 4.67. The Bertz CT molecular complexity index is 1120. The molecule has 166 valence electrons. The molecule has 5 rings (SSSR count). The number of aryl methyl sites for hydroxylation is 1. The molecular weight excluding hydrogens is 435 g/mol. The number of morpholine rings is 1. The highest BCUT2D eigenvalue weighted by molar-refractivity contribution is 5.85. The van der Waals surface area contributed by atoms with Gasteiger partial charge in [-0.15, -0.1) is 24.8 Å². The van der Waals surface area contributed by atoms with Crippen molar-refractivity contribution in [3.05, 3.63) is 54.7 Å². The highest BCUT2D eigenvalue weighted by atomic mass is 35.5. The van der Waals surface area contributed by atoms with E-state index in [9.17, 15) is 0 Å². The second-order valence-corrected chi connectivity index (χ2v) is 7.47. The molecule has 1 fully saturated rings. The molecule has 0 amide bonds. The highest BCUT2D eigenvalue weighted by Crippen LogP contribution is 2.28. The zero-order valence-corrected chi connectivity index (χ0v) is 19.2. The van der Waals surface area contributed by atoms with Gasteiger partial charge in [-0.25, -0.2) is 4.98 Å². The number of para-hydroxylation sites is 2. The van der Waals surface area contributed by atoms with Crippen molar-refractivity contribution in [1.29, 1.82) is 0 Å². The van der Waals surface area contributed by atoms with Gasteiger partial charge in [-0.1, -0.05) is 12.1 Å². The van der Waals surface area contributed by atoms with Crippen LogP contribution in [0, 0.1) is 0 Å². The average molecular weight is 463 g/mol. The van der Waals surface area contributed by atoms with Gasteiger partial charge >= 0.3 is 0 Å². The van der Waals surface area contributed by atoms with Crippen LogP contribution >= 0.6 is 24.8 Å². The van der Waals surface area contributed by atoms with E-state index in [4.69, 9.17) is 14.5 Å². The van der Waals surface area contributed by atoms with Gasteiger partial charge in [0.2, 0.25) is 5.78 Å². The summed E-state index contributed by atoms with van der Waals surface area (Å²) in [6.07, 6.45) is 3.29. The van der Waals surface area contributed by atoms with Crippen molar-refractivity contribution in [2.75, 3.05) is 40.0 Å². The molecule has 8 heteroatoms. The van der Waals surface area contributed by atoms with Crippen molar-refractivity contribution in [2.24, 2.45) is 0 Å². The number of hydrogen-bond donors (Lipinski definition) is 0. The van der Waals surface area contributed by atoms with Crippen LogP contribution in [0.1, 0.15) is 6.42 Å². The summed E-state index contributed by atoms with van der Waals surface area (Å²) >= 11 is 0. The number of benzene rings is 2. The first-order valence-corrected chi connectivity index (χ1v) is 10.2. The van der Waals surface area contributed by atoms with Crippen LogP contribution in [0.15, 0.2) is 54.7 Å². The van der Waals surface area contributed by atoms with Crippen LogP contribution in [0.25, 0.3) is 28.1 Å². The summed E-state index contributed by atoms with van der Waals surface area (Å²) < 4.78 is 15.4. The van der Waals surface area contributed by atoms with Crippen molar-refractivity contribution >= 4 is 41.6 Å². The molecule has 0 unspecified atom stereocenters. The second kappa shape index (κ2) is 10.4. The maximum atomic E-state index is 5.47. The van der Waals surface area contributed by atoms with E-state index in [1.165, 1.54) is 11.3 Å². The van der Waals surface area contributed by atoms with Gasteiger partial charge in [0.25, 0.3) is 0 Å². The monoisotopic (exact) mass is 462 g/mol. The number of aromatic nitrogens is 3. The summed E-state index contributed by atoms with van der Waals surface area (Å²) in [4.78, 5) is 7.41. The van der Waals surface area contributed by atoms with E-state index < -0.39 is 0 Å².